The summed E-state index contributed by atoms with van der Waals surface area (Å²) < 4.78 is 0. The Hall–Kier alpha value is -1.35. The molecule has 3 nitrogen and oxygen atoms in total. The van der Waals surface area contributed by atoms with Crippen molar-refractivity contribution in [2.75, 3.05) is 18.5 Å². The van der Waals surface area contributed by atoms with Gasteiger partial charge in [0.25, 0.3) is 0 Å². The molecular formula is C13H21N3. The fourth-order valence-corrected chi connectivity index (χ4v) is 1.55. The normalized spacial score (nSPS) is 12.2. The van der Waals surface area contributed by atoms with Gasteiger partial charge in [-0.3, -0.25) is 4.98 Å². The molecule has 16 heavy (non-hydrogen) atoms. The zero-order valence-corrected chi connectivity index (χ0v) is 10.4. The highest BCUT2D eigenvalue weighted by molar-refractivity contribution is 5.45. The summed E-state index contributed by atoms with van der Waals surface area (Å²) in [4.78, 5) is 6.50. The summed E-state index contributed by atoms with van der Waals surface area (Å²) in [6, 6.07) is 4.10. The summed E-state index contributed by atoms with van der Waals surface area (Å²) >= 11 is 0. The van der Waals surface area contributed by atoms with Gasteiger partial charge in [0.1, 0.15) is 0 Å². The zero-order valence-electron chi connectivity index (χ0n) is 10.4. The lowest BCUT2D eigenvalue weighted by molar-refractivity contribution is 0.675. The van der Waals surface area contributed by atoms with Crippen molar-refractivity contribution >= 4 is 5.69 Å². The molecule has 0 aliphatic carbocycles. The Bertz CT molecular complexity index is 343. The molecule has 0 aliphatic rings. The Kier molecular flexibility index (Phi) is 4.50. The average Bonchev–Trinajstić information content (AvgIpc) is 2.27. The Morgan fingerprint density at radius 3 is 2.69 bits per heavy atom. The third-order valence-corrected chi connectivity index (χ3v) is 2.54. The van der Waals surface area contributed by atoms with E-state index in [2.05, 4.69) is 29.5 Å². The maximum atomic E-state index is 5.91. The number of hydrogen-bond donors (Lipinski definition) is 1. The van der Waals surface area contributed by atoms with E-state index in [0.29, 0.717) is 0 Å². The third kappa shape index (κ3) is 3.35. The molecule has 2 N–H and O–H groups in total. The number of likely N-dealkylation sites (N-methyl/N-ethyl adjacent to an activating group) is 1. The van der Waals surface area contributed by atoms with Crippen LogP contribution >= 0.6 is 0 Å². The SMILES string of the molecule is C=C(C)CN(C)c1ccc([C@@H](N)CC)nc1. The highest BCUT2D eigenvalue weighted by Gasteiger charge is 2.06. The minimum atomic E-state index is 0.0421. The van der Waals surface area contributed by atoms with Gasteiger partial charge in [-0.15, -0.1) is 0 Å². The van der Waals surface area contributed by atoms with Gasteiger partial charge in [-0.2, -0.15) is 0 Å². The Morgan fingerprint density at radius 1 is 1.56 bits per heavy atom. The highest BCUT2D eigenvalue weighted by Crippen LogP contribution is 2.16. The lowest BCUT2D eigenvalue weighted by Gasteiger charge is -2.19. The van der Waals surface area contributed by atoms with Crippen molar-refractivity contribution in [3.05, 3.63) is 36.2 Å². The molecule has 3 heteroatoms. The molecule has 0 spiro atoms. The molecule has 0 aromatic carbocycles. The minimum absolute atomic E-state index is 0.0421. The molecule has 0 bridgehead atoms. The van der Waals surface area contributed by atoms with E-state index in [9.17, 15) is 0 Å². The summed E-state index contributed by atoms with van der Waals surface area (Å²) in [5.74, 6) is 0. The first kappa shape index (κ1) is 12.7. The van der Waals surface area contributed by atoms with E-state index in [-0.39, 0.29) is 6.04 Å². The summed E-state index contributed by atoms with van der Waals surface area (Å²) in [6.07, 6.45) is 2.78. The van der Waals surface area contributed by atoms with Crippen molar-refractivity contribution in [1.82, 2.24) is 4.98 Å². The molecule has 1 heterocycles. The topological polar surface area (TPSA) is 42.1 Å². The van der Waals surface area contributed by atoms with Crippen molar-refractivity contribution in [3.8, 4) is 0 Å². The van der Waals surface area contributed by atoms with Crippen LogP contribution in [-0.4, -0.2) is 18.6 Å². The number of nitrogens with zero attached hydrogens (tertiary/aromatic N) is 2. The van der Waals surface area contributed by atoms with Crippen LogP contribution in [0.4, 0.5) is 5.69 Å². The first-order chi connectivity index (χ1) is 7.54. The molecule has 1 aromatic heterocycles. The molecule has 1 atom stereocenters. The summed E-state index contributed by atoms with van der Waals surface area (Å²) in [5.41, 5.74) is 9.09. The standard InChI is InChI=1S/C13H21N3/c1-5-12(14)13-7-6-11(8-15-13)16(4)9-10(2)3/h6-8,12H,2,5,9,14H2,1,3-4H3/t12-/m0/s1. The van der Waals surface area contributed by atoms with E-state index in [4.69, 9.17) is 5.73 Å². The maximum Gasteiger partial charge on any atom is 0.0572 e. The van der Waals surface area contributed by atoms with E-state index in [0.717, 1.165) is 29.9 Å². The van der Waals surface area contributed by atoms with Crippen LogP contribution in [0.3, 0.4) is 0 Å². The van der Waals surface area contributed by atoms with Crippen LogP contribution < -0.4 is 10.6 Å². The predicted molar refractivity (Wildman–Crippen MR) is 69.5 cm³/mol. The Labute approximate surface area is 98.0 Å². The predicted octanol–water partition coefficient (Wildman–Crippen LogP) is 2.50. The van der Waals surface area contributed by atoms with Crippen molar-refractivity contribution < 1.29 is 0 Å². The van der Waals surface area contributed by atoms with Crippen molar-refractivity contribution in [3.63, 3.8) is 0 Å². The Morgan fingerprint density at radius 2 is 2.25 bits per heavy atom. The largest absolute Gasteiger partial charge is 0.369 e. The van der Waals surface area contributed by atoms with Gasteiger partial charge in [-0.25, -0.2) is 0 Å². The fourth-order valence-electron chi connectivity index (χ4n) is 1.55. The number of rotatable bonds is 5. The number of hydrogen-bond acceptors (Lipinski definition) is 3. The molecule has 0 unspecified atom stereocenters. The van der Waals surface area contributed by atoms with Gasteiger partial charge in [0.15, 0.2) is 0 Å². The monoisotopic (exact) mass is 219 g/mol. The van der Waals surface area contributed by atoms with Crippen LogP contribution in [0.5, 0.6) is 0 Å². The molecule has 1 rings (SSSR count). The van der Waals surface area contributed by atoms with Gasteiger partial charge >= 0.3 is 0 Å². The van der Waals surface area contributed by atoms with Crippen molar-refractivity contribution in [2.24, 2.45) is 5.73 Å². The summed E-state index contributed by atoms with van der Waals surface area (Å²) in [7, 11) is 2.03. The maximum absolute atomic E-state index is 5.91. The van der Waals surface area contributed by atoms with Gasteiger partial charge in [0.2, 0.25) is 0 Å². The quantitative estimate of drug-likeness (QED) is 0.774. The van der Waals surface area contributed by atoms with E-state index in [1.807, 2.05) is 26.2 Å². The van der Waals surface area contributed by atoms with Crippen LogP contribution in [0.2, 0.25) is 0 Å². The molecule has 0 saturated heterocycles. The smallest absolute Gasteiger partial charge is 0.0572 e. The van der Waals surface area contributed by atoms with Gasteiger partial charge in [0, 0.05) is 19.6 Å². The number of anilines is 1. The average molecular weight is 219 g/mol. The molecule has 0 amide bonds. The first-order valence-corrected chi connectivity index (χ1v) is 5.61. The molecule has 0 aliphatic heterocycles. The second-order valence-corrected chi connectivity index (χ2v) is 4.27. The van der Waals surface area contributed by atoms with Gasteiger partial charge < -0.3 is 10.6 Å². The Balaban J connectivity index is 2.74. The van der Waals surface area contributed by atoms with E-state index in [1.165, 1.54) is 0 Å². The van der Waals surface area contributed by atoms with Crippen LogP contribution in [0.15, 0.2) is 30.5 Å². The first-order valence-electron chi connectivity index (χ1n) is 5.61. The lowest BCUT2D eigenvalue weighted by atomic mass is 10.1. The minimum Gasteiger partial charge on any atom is -0.369 e. The number of pyridine rings is 1. The molecule has 0 radical (unpaired) electrons. The molecule has 0 saturated carbocycles. The van der Waals surface area contributed by atoms with Crippen LogP contribution in [0, 0.1) is 0 Å². The van der Waals surface area contributed by atoms with E-state index in [1.54, 1.807) is 0 Å². The van der Waals surface area contributed by atoms with Crippen LogP contribution in [0.1, 0.15) is 32.0 Å². The van der Waals surface area contributed by atoms with E-state index >= 15 is 0 Å². The molecule has 1 aromatic rings. The molecule has 88 valence electrons. The van der Waals surface area contributed by atoms with Gasteiger partial charge in [-0.05, 0) is 25.5 Å². The second kappa shape index (κ2) is 5.66. The van der Waals surface area contributed by atoms with Crippen molar-refractivity contribution in [2.45, 2.75) is 26.3 Å². The fraction of sp³-hybridized carbons (Fsp3) is 0.462. The second-order valence-electron chi connectivity index (χ2n) is 4.27. The highest BCUT2D eigenvalue weighted by atomic mass is 15.1. The summed E-state index contributed by atoms with van der Waals surface area (Å²) in [6.45, 7) is 8.83. The summed E-state index contributed by atoms with van der Waals surface area (Å²) in [5, 5.41) is 0. The van der Waals surface area contributed by atoms with Gasteiger partial charge in [-0.1, -0.05) is 19.1 Å². The van der Waals surface area contributed by atoms with Crippen molar-refractivity contribution in [1.29, 1.82) is 0 Å². The third-order valence-electron chi connectivity index (χ3n) is 2.54. The van der Waals surface area contributed by atoms with Crippen LogP contribution in [-0.2, 0) is 0 Å². The number of aromatic nitrogens is 1. The molecular weight excluding hydrogens is 198 g/mol. The van der Waals surface area contributed by atoms with E-state index < -0.39 is 0 Å². The van der Waals surface area contributed by atoms with Gasteiger partial charge in [0.05, 0.1) is 17.6 Å². The number of nitrogens with two attached hydrogens (primary N) is 1. The lowest BCUT2D eigenvalue weighted by Crippen LogP contribution is -2.19. The van der Waals surface area contributed by atoms with Crippen LogP contribution in [0.25, 0.3) is 0 Å². The molecule has 0 fully saturated rings. The zero-order chi connectivity index (χ0) is 12.1.